The van der Waals surface area contributed by atoms with Gasteiger partial charge in [-0.25, -0.2) is 9.97 Å². The van der Waals surface area contributed by atoms with Crippen molar-refractivity contribution in [2.45, 2.75) is 13.0 Å². The van der Waals surface area contributed by atoms with Gasteiger partial charge in [0.15, 0.2) is 5.82 Å². The molecule has 0 saturated carbocycles. The fourth-order valence-corrected chi connectivity index (χ4v) is 3.62. The number of rotatable bonds is 3. The zero-order valence-corrected chi connectivity index (χ0v) is 15.5. The van der Waals surface area contributed by atoms with Crippen molar-refractivity contribution in [3.05, 3.63) is 68.4 Å². The fraction of sp³-hybridized carbons (Fsp3) is 0.263. The second-order valence-corrected chi connectivity index (χ2v) is 7.31. The lowest BCUT2D eigenvalue weighted by Gasteiger charge is -2.33. The van der Waals surface area contributed by atoms with Gasteiger partial charge in [0.1, 0.15) is 17.4 Å². The molecule has 1 unspecified atom stereocenters. The number of H-pyrrole nitrogens is 1. The summed E-state index contributed by atoms with van der Waals surface area (Å²) in [4.78, 5) is 38.1. The molecule has 0 bridgehead atoms. The Hall–Kier alpha value is -2.84. The summed E-state index contributed by atoms with van der Waals surface area (Å²) in [6.45, 7) is 3.14. The minimum Gasteiger partial charge on any atom is -0.370 e. The molecule has 1 saturated heterocycles. The Bertz CT molecular complexity index is 1020. The average molecular weight is 382 g/mol. The third-order valence-corrected chi connectivity index (χ3v) is 5.19. The Labute approximate surface area is 159 Å². The molecule has 0 radical (unpaired) electrons. The molecule has 4 rings (SSSR count). The summed E-state index contributed by atoms with van der Waals surface area (Å²) in [7, 11) is 0. The molecular formula is C19H18N4O3S. The second-order valence-electron chi connectivity index (χ2n) is 6.25. The van der Waals surface area contributed by atoms with E-state index in [2.05, 4.69) is 15.0 Å². The van der Waals surface area contributed by atoms with Crippen LogP contribution in [0, 0.1) is 6.92 Å². The first kappa shape index (κ1) is 17.6. The molecule has 1 aromatic carbocycles. The summed E-state index contributed by atoms with van der Waals surface area (Å²) in [6.07, 6.45) is 1.13. The smallest absolute Gasteiger partial charge is 0.264 e. The van der Waals surface area contributed by atoms with Crippen molar-refractivity contribution in [2.75, 3.05) is 19.7 Å². The van der Waals surface area contributed by atoms with Gasteiger partial charge in [-0.1, -0.05) is 30.3 Å². The summed E-state index contributed by atoms with van der Waals surface area (Å²) in [6, 6.07) is 9.75. The van der Waals surface area contributed by atoms with Crippen LogP contribution in [0.1, 0.15) is 27.0 Å². The largest absolute Gasteiger partial charge is 0.370 e. The average Bonchev–Trinajstić information content (AvgIpc) is 3.14. The van der Waals surface area contributed by atoms with E-state index >= 15 is 0 Å². The number of aryl methyl sites for hydroxylation is 1. The monoisotopic (exact) mass is 382 g/mol. The number of amides is 1. The molecule has 1 aliphatic rings. The van der Waals surface area contributed by atoms with Crippen LogP contribution >= 0.6 is 11.3 Å². The molecule has 7 nitrogen and oxygen atoms in total. The van der Waals surface area contributed by atoms with Crippen LogP contribution in [0.15, 0.2) is 46.7 Å². The van der Waals surface area contributed by atoms with Gasteiger partial charge in [-0.05, 0) is 12.5 Å². The first-order valence-corrected chi connectivity index (χ1v) is 9.47. The lowest BCUT2D eigenvalue weighted by Crippen LogP contribution is -2.44. The Morgan fingerprint density at radius 1 is 1.33 bits per heavy atom. The molecule has 1 atom stereocenters. The standard InChI is InChI=1S/C19H18N4O3S/c1-12-21-15(11-27-12)17-20-9-14(18(24)22-17)19(25)23-7-8-26-16(10-23)13-5-3-2-4-6-13/h2-6,9,11,16H,7-8,10H2,1H3,(H,20,22,24). The van der Waals surface area contributed by atoms with Gasteiger partial charge < -0.3 is 14.6 Å². The number of hydrogen-bond donors (Lipinski definition) is 1. The van der Waals surface area contributed by atoms with Gasteiger partial charge >= 0.3 is 0 Å². The van der Waals surface area contributed by atoms with E-state index in [-0.39, 0.29) is 17.6 Å². The van der Waals surface area contributed by atoms with Crippen molar-refractivity contribution >= 4 is 17.2 Å². The van der Waals surface area contributed by atoms with Crippen LogP contribution in [0.4, 0.5) is 0 Å². The zero-order valence-electron chi connectivity index (χ0n) is 14.7. The molecule has 1 aliphatic heterocycles. The molecule has 1 fully saturated rings. The van der Waals surface area contributed by atoms with Crippen molar-refractivity contribution in [1.29, 1.82) is 0 Å². The number of aromatic nitrogens is 3. The molecule has 2 aromatic heterocycles. The number of nitrogens with one attached hydrogen (secondary N) is 1. The summed E-state index contributed by atoms with van der Waals surface area (Å²) in [5.41, 5.74) is 1.18. The van der Waals surface area contributed by atoms with Crippen molar-refractivity contribution in [1.82, 2.24) is 19.9 Å². The van der Waals surface area contributed by atoms with Crippen LogP contribution in [-0.4, -0.2) is 45.5 Å². The Morgan fingerprint density at radius 2 is 2.15 bits per heavy atom. The Kier molecular flexibility index (Phi) is 4.83. The first-order valence-electron chi connectivity index (χ1n) is 8.59. The van der Waals surface area contributed by atoms with Gasteiger partial charge in [-0.3, -0.25) is 9.59 Å². The number of benzene rings is 1. The highest BCUT2D eigenvalue weighted by Crippen LogP contribution is 2.23. The number of hydrogen-bond acceptors (Lipinski definition) is 6. The van der Waals surface area contributed by atoms with Crippen LogP contribution in [0.25, 0.3) is 11.5 Å². The van der Waals surface area contributed by atoms with Gasteiger partial charge in [-0.15, -0.1) is 11.3 Å². The number of thiazole rings is 1. The van der Waals surface area contributed by atoms with E-state index in [0.29, 0.717) is 31.2 Å². The Morgan fingerprint density at radius 3 is 2.85 bits per heavy atom. The minimum absolute atomic E-state index is 0.0272. The van der Waals surface area contributed by atoms with E-state index in [1.165, 1.54) is 17.5 Å². The molecule has 1 N–H and O–H groups in total. The minimum atomic E-state index is -0.460. The molecule has 3 heterocycles. The number of carbonyl (C=O) groups is 1. The summed E-state index contributed by atoms with van der Waals surface area (Å²) < 4.78 is 5.79. The van der Waals surface area contributed by atoms with Crippen molar-refractivity contribution in [3.8, 4) is 11.5 Å². The lowest BCUT2D eigenvalue weighted by atomic mass is 10.1. The SMILES string of the molecule is Cc1nc(-c2ncc(C(=O)N3CCOC(c4ccccc4)C3)c(=O)[nH]2)cs1. The predicted octanol–water partition coefficient (Wildman–Crippen LogP) is 2.42. The maximum Gasteiger partial charge on any atom is 0.264 e. The zero-order chi connectivity index (χ0) is 18.8. The van der Waals surface area contributed by atoms with E-state index in [1.54, 1.807) is 4.90 Å². The number of morpholine rings is 1. The quantitative estimate of drug-likeness (QED) is 0.752. The molecular weight excluding hydrogens is 364 g/mol. The van der Waals surface area contributed by atoms with Crippen LogP contribution < -0.4 is 5.56 Å². The van der Waals surface area contributed by atoms with Crippen LogP contribution in [-0.2, 0) is 4.74 Å². The van der Waals surface area contributed by atoms with E-state index in [4.69, 9.17) is 4.74 Å². The van der Waals surface area contributed by atoms with Crippen LogP contribution in [0.3, 0.4) is 0 Å². The fourth-order valence-electron chi connectivity index (χ4n) is 3.02. The normalized spacial score (nSPS) is 17.1. The molecule has 3 aromatic rings. The number of ether oxygens (including phenoxy) is 1. The van der Waals surface area contributed by atoms with Gasteiger partial charge in [0, 0.05) is 18.1 Å². The number of aromatic amines is 1. The molecule has 0 spiro atoms. The highest BCUT2D eigenvalue weighted by Gasteiger charge is 2.27. The third-order valence-electron chi connectivity index (χ3n) is 4.42. The van der Waals surface area contributed by atoms with Crippen LogP contribution in [0.2, 0.25) is 0 Å². The highest BCUT2D eigenvalue weighted by atomic mass is 32.1. The van der Waals surface area contributed by atoms with Gasteiger partial charge in [0.2, 0.25) is 0 Å². The Balaban J connectivity index is 1.54. The van der Waals surface area contributed by atoms with E-state index in [9.17, 15) is 9.59 Å². The van der Waals surface area contributed by atoms with Crippen molar-refractivity contribution in [3.63, 3.8) is 0 Å². The van der Waals surface area contributed by atoms with E-state index in [0.717, 1.165) is 10.6 Å². The lowest BCUT2D eigenvalue weighted by molar-refractivity contribution is -0.0229. The van der Waals surface area contributed by atoms with Crippen LogP contribution in [0.5, 0.6) is 0 Å². The van der Waals surface area contributed by atoms with Crippen molar-refractivity contribution in [2.24, 2.45) is 0 Å². The van der Waals surface area contributed by atoms with E-state index in [1.807, 2.05) is 42.6 Å². The van der Waals surface area contributed by atoms with Gasteiger partial charge in [-0.2, -0.15) is 0 Å². The highest BCUT2D eigenvalue weighted by molar-refractivity contribution is 7.09. The topological polar surface area (TPSA) is 88.2 Å². The van der Waals surface area contributed by atoms with Gasteiger partial charge in [0.05, 0.1) is 18.2 Å². The molecule has 138 valence electrons. The van der Waals surface area contributed by atoms with E-state index < -0.39 is 5.56 Å². The molecule has 1 amide bonds. The molecule has 8 heteroatoms. The number of carbonyl (C=O) groups excluding carboxylic acids is 1. The first-order chi connectivity index (χ1) is 13.1. The van der Waals surface area contributed by atoms with Gasteiger partial charge in [0.25, 0.3) is 11.5 Å². The summed E-state index contributed by atoms with van der Waals surface area (Å²) in [5, 5.41) is 2.70. The van der Waals surface area contributed by atoms with Crippen molar-refractivity contribution < 1.29 is 9.53 Å². The maximum absolute atomic E-state index is 12.8. The summed E-state index contributed by atoms with van der Waals surface area (Å²) in [5.74, 6) is 0.0269. The molecule has 0 aliphatic carbocycles. The maximum atomic E-state index is 12.8. The predicted molar refractivity (Wildman–Crippen MR) is 102 cm³/mol. The third kappa shape index (κ3) is 3.67. The second kappa shape index (κ2) is 7.42. The molecule has 27 heavy (non-hydrogen) atoms. The number of nitrogens with zero attached hydrogens (tertiary/aromatic N) is 3. The summed E-state index contributed by atoms with van der Waals surface area (Å²) >= 11 is 1.47.